The molecule has 124 valence electrons. The zero-order chi connectivity index (χ0) is 16.8. The topological polar surface area (TPSA) is 79.9 Å². The summed E-state index contributed by atoms with van der Waals surface area (Å²) < 4.78 is 5.91. The summed E-state index contributed by atoms with van der Waals surface area (Å²) in [6.45, 7) is 0.657. The van der Waals surface area contributed by atoms with Crippen LogP contribution in [0.15, 0.2) is 46.9 Å². The van der Waals surface area contributed by atoms with Crippen LogP contribution in [0.5, 0.6) is 5.75 Å². The molecule has 0 aliphatic heterocycles. The number of H-pyrrole nitrogens is 1. The van der Waals surface area contributed by atoms with E-state index in [-0.39, 0.29) is 5.78 Å². The van der Waals surface area contributed by atoms with E-state index < -0.39 is 0 Å². The number of thioether (sulfide) groups is 1. The number of ether oxygens (including phenoxy) is 1. The van der Waals surface area contributed by atoms with Crippen LogP contribution >= 0.6 is 23.1 Å². The minimum absolute atomic E-state index is 0.0490. The van der Waals surface area contributed by atoms with E-state index in [1.807, 2.05) is 30.3 Å². The van der Waals surface area contributed by atoms with Gasteiger partial charge in [-0.1, -0.05) is 35.2 Å². The van der Waals surface area contributed by atoms with Gasteiger partial charge in [0.25, 0.3) is 0 Å². The van der Waals surface area contributed by atoms with Crippen molar-refractivity contribution in [3.8, 4) is 5.75 Å². The molecule has 0 saturated carbocycles. The molecular weight excluding hydrogens is 344 g/mol. The van der Waals surface area contributed by atoms with Crippen molar-refractivity contribution in [3.63, 3.8) is 0 Å². The number of anilines is 1. The number of hydrogen-bond acceptors (Lipinski definition) is 7. The molecule has 0 aliphatic carbocycles. The summed E-state index contributed by atoms with van der Waals surface area (Å²) >= 11 is 2.83. The molecule has 0 amide bonds. The molecule has 0 atom stereocenters. The number of nitrogens with one attached hydrogen (secondary N) is 2. The Morgan fingerprint density at radius 2 is 2.12 bits per heavy atom. The molecule has 0 aliphatic rings. The summed E-state index contributed by atoms with van der Waals surface area (Å²) in [7, 11) is 1.65. The number of aromatic nitrogens is 3. The van der Waals surface area contributed by atoms with Crippen LogP contribution in [0.1, 0.15) is 16.1 Å². The highest BCUT2D eigenvalue weighted by Crippen LogP contribution is 2.26. The van der Waals surface area contributed by atoms with Gasteiger partial charge in [0.15, 0.2) is 10.1 Å². The number of rotatable bonds is 8. The van der Waals surface area contributed by atoms with Crippen LogP contribution in [-0.4, -0.2) is 33.8 Å². The lowest BCUT2D eigenvalue weighted by Crippen LogP contribution is -2.02. The Hall–Kier alpha value is -2.32. The number of nitrogens with zero attached hydrogens (tertiary/aromatic N) is 2. The summed E-state index contributed by atoms with van der Waals surface area (Å²) in [4.78, 5) is 14.8. The molecule has 8 heteroatoms. The Kier molecular flexibility index (Phi) is 5.50. The molecular formula is C16H16N4O2S2. The van der Waals surface area contributed by atoms with Gasteiger partial charge in [-0.15, -0.1) is 10.2 Å². The lowest BCUT2D eigenvalue weighted by molar-refractivity contribution is 0.101. The van der Waals surface area contributed by atoms with Crippen molar-refractivity contribution >= 4 is 34.0 Å². The van der Waals surface area contributed by atoms with E-state index in [9.17, 15) is 4.79 Å². The van der Waals surface area contributed by atoms with Crippen molar-refractivity contribution in [1.82, 2.24) is 15.2 Å². The van der Waals surface area contributed by atoms with E-state index in [1.54, 1.807) is 19.4 Å². The van der Waals surface area contributed by atoms with E-state index in [0.717, 1.165) is 20.8 Å². The third-order valence-corrected chi connectivity index (χ3v) is 5.25. The Morgan fingerprint density at radius 3 is 2.83 bits per heavy atom. The first-order valence-corrected chi connectivity index (χ1v) is 9.04. The van der Waals surface area contributed by atoms with Gasteiger partial charge in [-0.2, -0.15) is 0 Å². The number of carbonyl (C=O) groups excluding carboxylic acids is 1. The molecule has 2 heterocycles. The van der Waals surface area contributed by atoms with E-state index in [2.05, 4.69) is 20.5 Å². The molecule has 0 radical (unpaired) electrons. The lowest BCUT2D eigenvalue weighted by atomic mass is 10.2. The molecule has 6 nitrogen and oxygen atoms in total. The fraction of sp³-hybridized carbons (Fsp3) is 0.188. The maximum atomic E-state index is 11.9. The zero-order valence-electron chi connectivity index (χ0n) is 13.0. The SMILES string of the molecule is COc1ccc(CNc2nnc(SCC(=O)c3ccc[nH]3)s2)cc1. The summed E-state index contributed by atoms with van der Waals surface area (Å²) in [6, 6.07) is 11.4. The van der Waals surface area contributed by atoms with Crippen LogP contribution in [0.2, 0.25) is 0 Å². The second kappa shape index (κ2) is 7.98. The number of carbonyl (C=O) groups is 1. The van der Waals surface area contributed by atoms with Crippen molar-refractivity contribution in [2.24, 2.45) is 0 Å². The number of methoxy groups -OCH3 is 1. The summed E-state index contributed by atoms with van der Waals surface area (Å²) in [6.07, 6.45) is 1.74. The van der Waals surface area contributed by atoms with Gasteiger partial charge in [0, 0.05) is 12.7 Å². The van der Waals surface area contributed by atoms with Crippen LogP contribution < -0.4 is 10.1 Å². The average molecular weight is 360 g/mol. The van der Waals surface area contributed by atoms with Gasteiger partial charge in [-0.25, -0.2) is 0 Å². The van der Waals surface area contributed by atoms with E-state index in [1.165, 1.54) is 23.1 Å². The molecule has 2 aromatic heterocycles. The zero-order valence-corrected chi connectivity index (χ0v) is 14.6. The molecule has 0 saturated heterocycles. The number of ketones is 1. The predicted octanol–water partition coefficient (Wildman–Crippen LogP) is 3.46. The number of aromatic amines is 1. The summed E-state index contributed by atoms with van der Waals surface area (Å²) in [5.41, 5.74) is 1.74. The standard InChI is InChI=1S/C16H16N4O2S2/c1-22-12-6-4-11(5-7-12)9-18-15-19-20-16(24-15)23-10-14(21)13-3-2-8-17-13/h2-8,17H,9-10H2,1H3,(H,18,19). The molecule has 0 fully saturated rings. The van der Waals surface area contributed by atoms with Gasteiger partial charge >= 0.3 is 0 Å². The first kappa shape index (κ1) is 16.5. The van der Waals surface area contributed by atoms with Crippen molar-refractivity contribution in [1.29, 1.82) is 0 Å². The summed E-state index contributed by atoms with van der Waals surface area (Å²) in [5, 5.41) is 12.2. The minimum atomic E-state index is 0.0490. The molecule has 24 heavy (non-hydrogen) atoms. The van der Waals surface area contributed by atoms with E-state index in [0.29, 0.717) is 18.0 Å². The quantitative estimate of drug-likeness (QED) is 0.473. The van der Waals surface area contributed by atoms with E-state index >= 15 is 0 Å². The number of benzene rings is 1. The maximum absolute atomic E-state index is 11.9. The Balaban J connectivity index is 1.49. The number of Topliss-reactive ketones (excluding diaryl/α,β-unsaturated/α-hetero) is 1. The molecule has 3 aromatic rings. The normalized spacial score (nSPS) is 10.5. The van der Waals surface area contributed by atoms with Gasteiger partial charge in [0.05, 0.1) is 18.6 Å². The van der Waals surface area contributed by atoms with Crippen LogP contribution in [-0.2, 0) is 6.54 Å². The Bertz CT molecular complexity index is 785. The van der Waals surface area contributed by atoms with Gasteiger partial charge in [0.2, 0.25) is 5.13 Å². The van der Waals surface area contributed by atoms with Crippen LogP contribution in [0.25, 0.3) is 0 Å². The minimum Gasteiger partial charge on any atom is -0.497 e. The molecule has 0 spiro atoms. The number of hydrogen-bond donors (Lipinski definition) is 2. The smallest absolute Gasteiger partial charge is 0.206 e. The van der Waals surface area contributed by atoms with Crippen LogP contribution in [0.4, 0.5) is 5.13 Å². The highest BCUT2D eigenvalue weighted by atomic mass is 32.2. The van der Waals surface area contributed by atoms with Crippen LogP contribution in [0, 0.1) is 0 Å². The van der Waals surface area contributed by atoms with Crippen molar-refractivity contribution < 1.29 is 9.53 Å². The molecule has 0 bridgehead atoms. The second-order valence-corrected chi connectivity index (χ2v) is 7.07. The summed E-state index contributed by atoms with van der Waals surface area (Å²) in [5.74, 6) is 1.22. The lowest BCUT2D eigenvalue weighted by Gasteiger charge is -2.03. The third kappa shape index (κ3) is 4.36. The first-order valence-electron chi connectivity index (χ1n) is 7.24. The maximum Gasteiger partial charge on any atom is 0.206 e. The third-order valence-electron chi connectivity index (χ3n) is 3.23. The molecule has 2 N–H and O–H groups in total. The van der Waals surface area contributed by atoms with Crippen molar-refractivity contribution in [2.45, 2.75) is 10.9 Å². The largest absolute Gasteiger partial charge is 0.497 e. The van der Waals surface area contributed by atoms with Gasteiger partial charge in [0.1, 0.15) is 5.75 Å². The fourth-order valence-electron chi connectivity index (χ4n) is 1.97. The molecule has 1 aromatic carbocycles. The fourth-order valence-corrected chi connectivity index (χ4v) is 3.60. The Morgan fingerprint density at radius 1 is 1.29 bits per heavy atom. The molecule has 0 unspecified atom stereocenters. The monoisotopic (exact) mass is 360 g/mol. The van der Waals surface area contributed by atoms with Gasteiger partial charge in [-0.05, 0) is 29.8 Å². The Labute approximate surface area is 147 Å². The first-order chi connectivity index (χ1) is 11.7. The predicted molar refractivity (Wildman–Crippen MR) is 96.1 cm³/mol. The second-order valence-electron chi connectivity index (χ2n) is 4.87. The van der Waals surface area contributed by atoms with Gasteiger partial charge in [-0.3, -0.25) is 4.79 Å². The molecule has 3 rings (SSSR count). The highest BCUT2D eigenvalue weighted by Gasteiger charge is 2.10. The average Bonchev–Trinajstić information content (AvgIpc) is 3.30. The van der Waals surface area contributed by atoms with Crippen molar-refractivity contribution in [2.75, 3.05) is 18.2 Å². The van der Waals surface area contributed by atoms with Crippen LogP contribution in [0.3, 0.4) is 0 Å². The van der Waals surface area contributed by atoms with Gasteiger partial charge < -0.3 is 15.0 Å². The van der Waals surface area contributed by atoms with Crippen molar-refractivity contribution in [3.05, 3.63) is 53.9 Å². The highest BCUT2D eigenvalue weighted by molar-refractivity contribution is 8.01. The van der Waals surface area contributed by atoms with E-state index in [4.69, 9.17) is 4.74 Å².